The Morgan fingerprint density at radius 3 is 1.93 bits per heavy atom. The number of carboxylic acid groups (broad SMARTS) is 1. The average molecular weight is 237 g/mol. The summed E-state index contributed by atoms with van der Waals surface area (Å²) in [5.41, 5.74) is 0. The van der Waals surface area contributed by atoms with E-state index in [0.717, 1.165) is 0 Å². The molecule has 0 aromatic heterocycles. The summed E-state index contributed by atoms with van der Waals surface area (Å²) in [5.74, 6) is -9.34. The monoisotopic (exact) mass is 237 g/mol. The van der Waals surface area contributed by atoms with E-state index in [9.17, 15) is 26.7 Å². The Morgan fingerprint density at radius 1 is 1.27 bits per heavy atom. The molecule has 90 valence electrons. The highest BCUT2D eigenvalue weighted by molar-refractivity contribution is 5.65. The summed E-state index contributed by atoms with van der Waals surface area (Å²) >= 11 is 0. The molecule has 0 bridgehead atoms. The Kier molecular flexibility index (Phi) is 3.51. The third-order valence-electron chi connectivity index (χ3n) is 1.60. The second kappa shape index (κ2) is 3.80. The van der Waals surface area contributed by atoms with Crippen LogP contribution in [-0.4, -0.2) is 36.1 Å². The molecule has 0 radical (unpaired) electrons. The zero-order valence-corrected chi connectivity index (χ0v) is 7.65. The molecule has 0 heterocycles. The first-order chi connectivity index (χ1) is 6.48. The van der Waals surface area contributed by atoms with E-state index in [1.807, 2.05) is 0 Å². The lowest BCUT2D eigenvalue weighted by molar-refractivity contribution is -0.340. The first-order valence-corrected chi connectivity index (χ1v) is 3.49. The van der Waals surface area contributed by atoms with Crippen LogP contribution < -0.4 is 5.32 Å². The lowest BCUT2D eigenvalue weighted by Crippen LogP contribution is -2.63. The van der Waals surface area contributed by atoms with Crippen LogP contribution in [0.5, 0.6) is 0 Å². The lowest BCUT2D eigenvalue weighted by atomic mass is 10.1. The fourth-order valence-corrected chi connectivity index (χ4v) is 0.621. The van der Waals surface area contributed by atoms with E-state index in [1.54, 1.807) is 0 Å². The van der Waals surface area contributed by atoms with Gasteiger partial charge in [-0.05, 0) is 0 Å². The molecule has 4 nitrogen and oxygen atoms in total. The summed E-state index contributed by atoms with van der Waals surface area (Å²) in [6.07, 6.45) is -2.41. The highest BCUT2D eigenvalue weighted by Gasteiger charge is 2.70. The molecule has 0 spiro atoms. The molecule has 0 saturated heterocycles. The second-order valence-corrected chi connectivity index (χ2v) is 2.70. The van der Waals surface area contributed by atoms with Gasteiger partial charge in [-0.15, -0.1) is 0 Å². The van der Waals surface area contributed by atoms with Crippen molar-refractivity contribution in [2.45, 2.75) is 24.7 Å². The van der Waals surface area contributed by atoms with Gasteiger partial charge in [0.1, 0.15) is 0 Å². The highest BCUT2D eigenvalue weighted by atomic mass is 19.3. The molecule has 0 aliphatic carbocycles. The standard InChI is InChI=1S/C6H8F5NO3/c1-4(7,15-2)5(8,9)6(10,11)12-3(13)14/h12H,1-2H3,(H,13,14). The Bertz CT molecular complexity index is 255. The van der Waals surface area contributed by atoms with Crippen molar-refractivity contribution in [2.75, 3.05) is 7.11 Å². The largest absolute Gasteiger partial charge is 0.465 e. The summed E-state index contributed by atoms with van der Waals surface area (Å²) in [6.45, 7) is 0.0600. The number of amides is 1. The molecule has 0 aliphatic heterocycles. The van der Waals surface area contributed by atoms with Crippen LogP contribution in [0.2, 0.25) is 0 Å². The van der Waals surface area contributed by atoms with Crippen molar-refractivity contribution in [3.63, 3.8) is 0 Å². The zero-order valence-electron chi connectivity index (χ0n) is 7.65. The minimum absolute atomic E-state index is 0.0600. The molecular weight excluding hydrogens is 229 g/mol. The smallest absolute Gasteiger partial charge is 0.409 e. The first kappa shape index (κ1) is 13.9. The summed E-state index contributed by atoms with van der Waals surface area (Å²) in [7, 11) is 0.449. The third-order valence-corrected chi connectivity index (χ3v) is 1.60. The number of methoxy groups -OCH3 is 1. The SMILES string of the molecule is COC(C)(F)C(F)(F)C(F)(F)NC(=O)O. The van der Waals surface area contributed by atoms with E-state index in [0.29, 0.717) is 7.11 Å². The molecule has 1 amide bonds. The molecule has 0 aliphatic rings. The van der Waals surface area contributed by atoms with Gasteiger partial charge in [0.05, 0.1) is 0 Å². The predicted octanol–water partition coefficient (Wildman–Crippen LogP) is 1.81. The van der Waals surface area contributed by atoms with Crippen LogP contribution in [0.25, 0.3) is 0 Å². The minimum Gasteiger partial charge on any atom is -0.465 e. The van der Waals surface area contributed by atoms with Gasteiger partial charge >= 0.3 is 18.1 Å². The number of hydrogen-bond acceptors (Lipinski definition) is 2. The van der Waals surface area contributed by atoms with Crippen molar-refractivity contribution in [3.8, 4) is 0 Å². The zero-order chi connectivity index (χ0) is 12.5. The summed E-state index contributed by atoms with van der Waals surface area (Å²) in [5, 5.41) is 8.08. The molecule has 1 unspecified atom stereocenters. The van der Waals surface area contributed by atoms with Gasteiger partial charge in [0, 0.05) is 14.0 Å². The van der Waals surface area contributed by atoms with Crippen molar-refractivity contribution < 1.29 is 36.6 Å². The van der Waals surface area contributed by atoms with Crippen LogP contribution in [0, 0.1) is 0 Å². The minimum atomic E-state index is -5.34. The number of carbonyl (C=O) groups is 1. The van der Waals surface area contributed by atoms with Gasteiger partial charge < -0.3 is 9.84 Å². The molecule has 0 rings (SSSR count). The van der Waals surface area contributed by atoms with E-state index < -0.39 is 23.9 Å². The van der Waals surface area contributed by atoms with Crippen molar-refractivity contribution in [2.24, 2.45) is 0 Å². The Labute approximate surface area is 81.0 Å². The van der Waals surface area contributed by atoms with E-state index in [1.165, 1.54) is 0 Å². The Hall–Kier alpha value is -1.12. The van der Waals surface area contributed by atoms with Gasteiger partial charge in [0.25, 0.3) is 5.85 Å². The van der Waals surface area contributed by atoms with Gasteiger partial charge in [0.2, 0.25) is 0 Å². The summed E-state index contributed by atoms with van der Waals surface area (Å²) < 4.78 is 67.1. The third kappa shape index (κ3) is 2.46. The Morgan fingerprint density at radius 2 is 1.67 bits per heavy atom. The van der Waals surface area contributed by atoms with Crippen LogP contribution in [-0.2, 0) is 4.74 Å². The molecule has 0 fully saturated rings. The number of hydrogen-bond donors (Lipinski definition) is 2. The van der Waals surface area contributed by atoms with Crippen LogP contribution in [0.15, 0.2) is 0 Å². The highest BCUT2D eigenvalue weighted by Crippen LogP contribution is 2.43. The number of halogens is 5. The van der Waals surface area contributed by atoms with Crippen molar-refractivity contribution in [1.82, 2.24) is 5.32 Å². The van der Waals surface area contributed by atoms with Crippen molar-refractivity contribution in [3.05, 3.63) is 0 Å². The van der Waals surface area contributed by atoms with E-state index in [2.05, 4.69) is 4.74 Å². The van der Waals surface area contributed by atoms with Crippen LogP contribution >= 0.6 is 0 Å². The van der Waals surface area contributed by atoms with Gasteiger partial charge in [0.15, 0.2) is 0 Å². The fraction of sp³-hybridized carbons (Fsp3) is 0.833. The van der Waals surface area contributed by atoms with Crippen LogP contribution in [0.1, 0.15) is 6.92 Å². The molecular formula is C6H8F5NO3. The average Bonchev–Trinajstić information content (AvgIpc) is 2.01. The normalized spacial score (nSPS) is 17.0. The Balaban J connectivity index is 5.08. The number of alkyl halides is 5. The molecule has 0 aromatic carbocycles. The second-order valence-electron chi connectivity index (χ2n) is 2.70. The summed E-state index contributed by atoms with van der Waals surface area (Å²) in [6, 6.07) is -5.28. The maximum atomic E-state index is 12.9. The van der Waals surface area contributed by atoms with Crippen LogP contribution in [0.4, 0.5) is 26.7 Å². The van der Waals surface area contributed by atoms with Gasteiger partial charge in [-0.3, -0.25) is 5.32 Å². The first-order valence-electron chi connectivity index (χ1n) is 3.49. The van der Waals surface area contributed by atoms with Crippen molar-refractivity contribution in [1.29, 1.82) is 0 Å². The lowest BCUT2D eigenvalue weighted by Gasteiger charge is -2.33. The maximum absolute atomic E-state index is 12.9. The topological polar surface area (TPSA) is 58.6 Å². The van der Waals surface area contributed by atoms with E-state index in [-0.39, 0.29) is 12.2 Å². The maximum Gasteiger partial charge on any atom is 0.409 e. The molecule has 15 heavy (non-hydrogen) atoms. The molecule has 1 atom stereocenters. The number of ether oxygens (including phenoxy) is 1. The van der Waals surface area contributed by atoms with Gasteiger partial charge in [-0.1, -0.05) is 0 Å². The number of rotatable bonds is 4. The van der Waals surface area contributed by atoms with Crippen LogP contribution in [0.3, 0.4) is 0 Å². The molecule has 9 heteroatoms. The molecule has 0 saturated carbocycles. The van der Waals surface area contributed by atoms with Gasteiger partial charge in [-0.2, -0.15) is 17.6 Å². The quantitative estimate of drug-likeness (QED) is 0.579. The number of nitrogens with one attached hydrogen (secondary N) is 1. The van der Waals surface area contributed by atoms with Gasteiger partial charge in [-0.25, -0.2) is 9.18 Å². The van der Waals surface area contributed by atoms with E-state index in [4.69, 9.17) is 5.11 Å². The van der Waals surface area contributed by atoms with Crippen molar-refractivity contribution >= 4 is 6.09 Å². The predicted molar refractivity (Wildman–Crippen MR) is 37.6 cm³/mol. The molecule has 0 aromatic rings. The van der Waals surface area contributed by atoms with E-state index >= 15 is 0 Å². The fourth-order valence-electron chi connectivity index (χ4n) is 0.621. The summed E-state index contributed by atoms with van der Waals surface area (Å²) in [4.78, 5) is 9.79. The molecule has 2 N–H and O–H groups in total.